The molecule has 106 valence electrons. The molecule has 1 aromatic carbocycles. The van der Waals surface area contributed by atoms with Crippen LogP contribution < -0.4 is 0 Å². The monoisotopic (exact) mass is 283 g/mol. The highest BCUT2D eigenvalue weighted by molar-refractivity contribution is 5.87. The van der Waals surface area contributed by atoms with E-state index < -0.39 is 5.97 Å². The van der Waals surface area contributed by atoms with Gasteiger partial charge in [-0.3, -0.25) is 0 Å². The lowest BCUT2D eigenvalue weighted by Gasteiger charge is -2.11. The number of hydrogen-bond acceptors (Lipinski definition) is 4. The van der Waals surface area contributed by atoms with E-state index in [1.165, 1.54) is 0 Å². The van der Waals surface area contributed by atoms with Crippen molar-refractivity contribution in [1.82, 2.24) is 14.8 Å². The number of benzene rings is 1. The maximum absolute atomic E-state index is 11.4. The van der Waals surface area contributed by atoms with Crippen LogP contribution in [0.25, 0.3) is 17.1 Å². The van der Waals surface area contributed by atoms with Gasteiger partial charge in [-0.2, -0.15) is 14.8 Å². The molecular formula is C15H13N3O3. The van der Waals surface area contributed by atoms with Gasteiger partial charge < -0.3 is 9.52 Å². The van der Waals surface area contributed by atoms with Crippen molar-refractivity contribution in [2.75, 3.05) is 0 Å². The first-order chi connectivity index (χ1) is 10.2. The third-order valence-corrected chi connectivity index (χ3v) is 3.85. The van der Waals surface area contributed by atoms with Crippen LogP contribution in [-0.2, 0) is 12.8 Å². The Morgan fingerprint density at radius 1 is 1.24 bits per heavy atom. The topological polar surface area (TPSA) is 81.1 Å². The zero-order valence-electron chi connectivity index (χ0n) is 11.2. The van der Waals surface area contributed by atoms with Crippen molar-refractivity contribution in [3.05, 3.63) is 41.2 Å². The summed E-state index contributed by atoms with van der Waals surface area (Å²) in [5.74, 6) is -0.997. The van der Waals surface area contributed by atoms with Crippen molar-refractivity contribution in [3.8, 4) is 6.01 Å². The number of aromatic carboxylic acids is 1. The van der Waals surface area contributed by atoms with Gasteiger partial charge in [0.05, 0.1) is 5.69 Å². The normalized spacial score (nSPS) is 14.3. The fourth-order valence-electron chi connectivity index (χ4n) is 2.88. The Labute approximate surface area is 120 Å². The number of carboxylic acids is 1. The van der Waals surface area contributed by atoms with Gasteiger partial charge in [0.25, 0.3) is 0 Å². The van der Waals surface area contributed by atoms with Crippen molar-refractivity contribution >= 4 is 17.1 Å². The molecular weight excluding hydrogens is 270 g/mol. The third kappa shape index (κ3) is 1.83. The van der Waals surface area contributed by atoms with Crippen molar-refractivity contribution in [3.63, 3.8) is 0 Å². The van der Waals surface area contributed by atoms with E-state index in [-0.39, 0.29) is 5.69 Å². The summed E-state index contributed by atoms with van der Waals surface area (Å²) in [4.78, 5) is 15.8. The van der Waals surface area contributed by atoms with Crippen molar-refractivity contribution in [1.29, 1.82) is 0 Å². The Balaban J connectivity index is 1.93. The molecule has 0 saturated carbocycles. The standard InChI is InChI=1S/C15H13N3O3/c19-14(20)13-9-5-1-3-7-11(9)18(17-13)15-16-10-6-2-4-8-12(10)21-15/h2,4,6,8H,1,3,5,7H2,(H,19,20). The molecule has 6 heteroatoms. The Bertz CT molecular complexity index is 814. The molecule has 21 heavy (non-hydrogen) atoms. The lowest BCUT2D eigenvalue weighted by molar-refractivity contribution is 0.0688. The summed E-state index contributed by atoms with van der Waals surface area (Å²) in [6.07, 6.45) is 3.57. The van der Waals surface area contributed by atoms with Crippen LogP contribution in [0.1, 0.15) is 34.6 Å². The van der Waals surface area contributed by atoms with Crippen LogP contribution in [0.2, 0.25) is 0 Å². The molecule has 3 aromatic rings. The quantitative estimate of drug-likeness (QED) is 0.781. The van der Waals surface area contributed by atoms with Gasteiger partial charge in [0.15, 0.2) is 11.3 Å². The summed E-state index contributed by atoms with van der Waals surface area (Å²) in [6, 6.07) is 7.78. The van der Waals surface area contributed by atoms with Crippen LogP contribution in [0.4, 0.5) is 0 Å². The first-order valence-corrected chi connectivity index (χ1v) is 6.94. The minimum atomic E-state index is -0.997. The molecule has 0 unspecified atom stereocenters. The minimum Gasteiger partial charge on any atom is -0.476 e. The minimum absolute atomic E-state index is 0.118. The average Bonchev–Trinajstić information content (AvgIpc) is 3.08. The fourth-order valence-corrected chi connectivity index (χ4v) is 2.88. The number of rotatable bonds is 2. The molecule has 1 aliphatic rings. The summed E-state index contributed by atoms with van der Waals surface area (Å²) < 4.78 is 7.26. The number of para-hydroxylation sites is 2. The molecule has 0 bridgehead atoms. The van der Waals surface area contributed by atoms with Crippen LogP contribution in [0.15, 0.2) is 28.7 Å². The first-order valence-electron chi connectivity index (χ1n) is 6.94. The number of carbonyl (C=O) groups is 1. The molecule has 6 nitrogen and oxygen atoms in total. The third-order valence-electron chi connectivity index (χ3n) is 3.85. The van der Waals surface area contributed by atoms with Gasteiger partial charge >= 0.3 is 12.0 Å². The van der Waals surface area contributed by atoms with Crippen LogP contribution in [0.5, 0.6) is 0 Å². The Kier molecular flexibility index (Phi) is 2.57. The highest BCUT2D eigenvalue weighted by Crippen LogP contribution is 2.28. The van der Waals surface area contributed by atoms with Crippen LogP contribution in [-0.4, -0.2) is 25.8 Å². The van der Waals surface area contributed by atoms with E-state index in [0.29, 0.717) is 11.6 Å². The van der Waals surface area contributed by atoms with Gasteiger partial charge in [-0.15, -0.1) is 0 Å². The van der Waals surface area contributed by atoms with Crippen LogP contribution in [0, 0.1) is 0 Å². The fraction of sp³-hybridized carbons (Fsp3) is 0.267. The largest absolute Gasteiger partial charge is 0.476 e. The molecule has 0 saturated heterocycles. The molecule has 0 amide bonds. The highest BCUT2D eigenvalue weighted by atomic mass is 16.4. The van der Waals surface area contributed by atoms with E-state index in [4.69, 9.17) is 4.42 Å². The first kappa shape index (κ1) is 12.1. The lowest BCUT2D eigenvalue weighted by Crippen LogP contribution is -2.08. The Morgan fingerprint density at radius 3 is 2.86 bits per heavy atom. The summed E-state index contributed by atoms with van der Waals surface area (Å²) in [5, 5.41) is 13.5. The predicted molar refractivity (Wildman–Crippen MR) is 74.7 cm³/mol. The molecule has 4 rings (SSSR count). The van der Waals surface area contributed by atoms with E-state index in [1.807, 2.05) is 24.3 Å². The molecule has 0 aliphatic heterocycles. The maximum atomic E-state index is 11.4. The SMILES string of the molecule is O=C(O)c1nn(-c2nc3ccccc3o2)c2c1CCCC2. The summed E-state index contributed by atoms with van der Waals surface area (Å²) in [5.41, 5.74) is 3.25. The summed E-state index contributed by atoms with van der Waals surface area (Å²) >= 11 is 0. The molecule has 1 N–H and O–H groups in total. The van der Waals surface area contributed by atoms with Gasteiger partial charge in [0, 0.05) is 5.56 Å². The van der Waals surface area contributed by atoms with Crippen molar-refractivity contribution in [2.24, 2.45) is 0 Å². The zero-order chi connectivity index (χ0) is 14.4. The second kappa shape index (κ2) is 4.44. The highest BCUT2D eigenvalue weighted by Gasteiger charge is 2.26. The molecule has 2 aromatic heterocycles. The van der Waals surface area contributed by atoms with Crippen LogP contribution in [0.3, 0.4) is 0 Å². The van der Waals surface area contributed by atoms with Crippen molar-refractivity contribution in [2.45, 2.75) is 25.7 Å². The number of hydrogen-bond donors (Lipinski definition) is 1. The van der Waals surface area contributed by atoms with Crippen LogP contribution >= 0.6 is 0 Å². The van der Waals surface area contributed by atoms with Gasteiger partial charge in [0.2, 0.25) is 0 Å². The second-order valence-electron chi connectivity index (χ2n) is 5.16. The predicted octanol–water partition coefficient (Wildman–Crippen LogP) is 2.59. The van der Waals surface area contributed by atoms with Gasteiger partial charge in [0.1, 0.15) is 5.52 Å². The van der Waals surface area contributed by atoms with E-state index in [1.54, 1.807) is 4.68 Å². The number of carboxylic acid groups (broad SMARTS) is 1. The number of oxazole rings is 1. The molecule has 0 spiro atoms. The van der Waals surface area contributed by atoms with Gasteiger partial charge in [-0.05, 0) is 37.8 Å². The maximum Gasteiger partial charge on any atom is 0.356 e. The van der Waals surface area contributed by atoms with Gasteiger partial charge in [-0.25, -0.2) is 4.79 Å². The second-order valence-corrected chi connectivity index (χ2v) is 5.16. The molecule has 1 aliphatic carbocycles. The zero-order valence-corrected chi connectivity index (χ0v) is 11.2. The van der Waals surface area contributed by atoms with E-state index >= 15 is 0 Å². The molecule has 0 atom stereocenters. The summed E-state index contributed by atoms with van der Waals surface area (Å²) in [6.45, 7) is 0. The van der Waals surface area contributed by atoms with E-state index in [2.05, 4.69) is 10.1 Å². The molecule has 0 fully saturated rings. The van der Waals surface area contributed by atoms with Gasteiger partial charge in [-0.1, -0.05) is 12.1 Å². The van der Waals surface area contributed by atoms with E-state index in [9.17, 15) is 9.90 Å². The average molecular weight is 283 g/mol. The Morgan fingerprint density at radius 2 is 2.05 bits per heavy atom. The lowest BCUT2D eigenvalue weighted by atomic mass is 9.96. The van der Waals surface area contributed by atoms with Crippen molar-refractivity contribution < 1.29 is 14.3 Å². The summed E-state index contributed by atoms with van der Waals surface area (Å²) in [7, 11) is 0. The van der Waals surface area contributed by atoms with E-state index in [0.717, 1.165) is 42.5 Å². The number of nitrogens with zero attached hydrogens (tertiary/aromatic N) is 3. The number of fused-ring (bicyclic) bond motifs is 2. The number of aromatic nitrogens is 3. The molecule has 0 radical (unpaired) electrons. The Hall–Kier alpha value is -2.63. The molecule has 2 heterocycles. The smallest absolute Gasteiger partial charge is 0.356 e.